The van der Waals surface area contributed by atoms with Gasteiger partial charge in [0.2, 0.25) is 5.91 Å². The summed E-state index contributed by atoms with van der Waals surface area (Å²) >= 11 is 0. The Kier molecular flexibility index (Phi) is 4.47. The summed E-state index contributed by atoms with van der Waals surface area (Å²) in [5.74, 6) is -0.191. The molecule has 1 heterocycles. The van der Waals surface area contributed by atoms with Gasteiger partial charge in [0.25, 0.3) is 5.91 Å². The molecule has 3 rings (SSSR count). The first-order chi connectivity index (χ1) is 11.6. The highest BCUT2D eigenvalue weighted by Crippen LogP contribution is 2.25. The molecule has 0 bridgehead atoms. The lowest BCUT2D eigenvalue weighted by atomic mass is 10.1. The van der Waals surface area contributed by atoms with E-state index in [1.165, 1.54) is 6.92 Å². The Labute approximate surface area is 138 Å². The summed E-state index contributed by atoms with van der Waals surface area (Å²) < 4.78 is 5.38. The summed E-state index contributed by atoms with van der Waals surface area (Å²) in [6.07, 6.45) is 0. The van der Waals surface area contributed by atoms with Crippen molar-refractivity contribution in [2.24, 2.45) is 0 Å². The number of amides is 2. The van der Waals surface area contributed by atoms with Crippen molar-refractivity contribution in [2.75, 3.05) is 6.61 Å². The van der Waals surface area contributed by atoms with Crippen molar-refractivity contribution in [1.29, 1.82) is 0 Å². The van der Waals surface area contributed by atoms with Gasteiger partial charge in [-0.3, -0.25) is 20.4 Å². The number of rotatable bonds is 4. The fraction of sp³-hybridized carbons (Fsp3) is 0.111. The van der Waals surface area contributed by atoms with Gasteiger partial charge < -0.3 is 9.72 Å². The SMILES string of the molecule is CC(=O)NNC(=O)COc1ccc(-c2cc3ccccc3[nH]2)cc1. The van der Waals surface area contributed by atoms with Crippen LogP contribution in [-0.2, 0) is 9.59 Å². The number of benzene rings is 2. The van der Waals surface area contributed by atoms with Crippen molar-refractivity contribution in [2.45, 2.75) is 6.92 Å². The van der Waals surface area contributed by atoms with E-state index in [-0.39, 0.29) is 12.5 Å². The minimum absolute atomic E-state index is 0.175. The van der Waals surface area contributed by atoms with Gasteiger partial charge in [0.15, 0.2) is 6.61 Å². The van der Waals surface area contributed by atoms with E-state index in [0.29, 0.717) is 5.75 Å². The van der Waals surface area contributed by atoms with Crippen molar-refractivity contribution in [3.63, 3.8) is 0 Å². The number of carbonyl (C=O) groups is 2. The Hall–Kier alpha value is -3.28. The zero-order chi connectivity index (χ0) is 16.9. The van der Waals surface area contributed by atoms with Crippen LogP contribution in [0.1, 0.15) is 6.92 Å². The number of fused-ring (bicyclic) bond motifs is 1. The first-order valence-corrected chi connectivity index (χ1v) is 7.48. The summed E-state index contributed by atoms with van der Waals surface area (Å²) in [7, 11) is 0. The Morgan fingerprint density at radius 3 is 2.50 bits per heavy atom. The Bertz CT molecular complexity index is 836. The second kappa shape index (κ2) is 6.87. The normalized spacial score (nSPS) is 10.4. The van der Waals surface area contributed by atoms with Gasteiger partial charge in [0, 0.05) is 23.5 Å². The van der Waals surface area contributed by atoms with Crippen molar-refractivity contribution in [3.05, 3.63) is 54.6 Å². The van der Waals surface area contributed by atoms with E-state index < -0.39 is 5.91 Å². The monoisotopic (exact) mass is 323 g/mol. The van der Waals surface area contributed by atoms with Crippen LogP contribution in [0.15, 0.2) is 54.6 Å². The topological polar surface area (TPSA) is 83.2 Å². The second-order valence-electron chi connectivity index (χ2n) is 5.31. The first kappa shape index (κ1) is 15.6. The number of H-pyrrole nitrogens is 1. The van der Waals surface area contributed by atoms with Gasteiger partial charge in [0.05, 0.1) is 0 Å². The minimum Gasteiger partial charge on any atom is -0.484 e. The summed E-state index contributed by atoms with van der Waals surface area (Å²) in [4.78, 5) is 25.5. The van der Waals surface area contributed by atoms with Crippen molar-refractivity contribution in [1.82, 2.24) is 15.8 Å². The minimum atomic E-state index is -0.426. The lowest BCUT2D eigenvalue weighted by Crippen LogP contribution is -2.42. The second-order valence-corrected chi connectivity index (χ2v) is 5.31. The standard InChI is InChI=1S/C18H17N3O3/c1-12(22)20-21-18(23)11-24-15-8-6-13(7-9-15)17-10-14-4-2-3-5-16(14)19-17/h2-10,19H,11H2,1H3,(H,20,22)(H,21,23). The van der Waals surface area contributed by atoms with Crippen LogP contribution in [0.4, 0.5) is 0 Å². The number of hydrogen-bond acceptors (Lipinski definition) is 3. The van der Waals surface area contributed by atoms with Crippen LogP contribution < -0.4 is 15.6 Å². The van der Waals surface area contributed by atoms with E-state index >= 15 is 0 Å². The average molecular weight is 323 g/mol. The number of nitrogens with one attached hydrogen (secondary N) is 3. The Balaban J connectivity index is 1.63. The molecule has 3 aromatic rings. The number of carbonyl (C=O) groups excluding carboxylic acids is 2. The molecule has 1 aromatic heterocycles. The Morgan fingerprint density at radius 1 is 1.04 bits per heavy atom. The third kappa shape index (κ3) is 3.73. The van der Waals surface area contributed by atoms with Crippen molar-refractivity contribution in [3.8, 4) is 17.0 Å². The molecule has 0 saturated heterocycles. The molecule has 122 valence electrons. The molecule has 0 atom stereocenters. The number of aromatic nitrogens is 1. The smallest absolute Gasteiger partial charge is 0.276 e. The molecule has 0 saturated carbocycles. The van der Waals surface area contributed by atoms with Crippen LogP contribution >= 0.6 is 0 Å². The van der Waals surface area contributed by atoms with E-state index in [1.54, 1.807) is 12.1 Å². The highest BCUT2D eigenvalue weighted by atomic mass is 16.5. The molecule has 6 nitrogen and oxygen atoms in total. The zero-order valence-corrected chi connectivity index (χ0v) is 13.1. The number of hydrogen-bond donors (Lipinski definition) is 3. The van der Waals surface area contributed by atoms with Gasteiger partial charge in [-0.05, 0) is 42.0 Å². The molecule has 0 fully saturated rings. The molecule has 0 spiro atoms. The average Bonchev–Trinajstić information content (AvgIpc) is 3.02. The van der Waals surface area contributed by atoms with E-state index in [4.69, 9.17) is 4.74 Å². The molecular weight excluding hydrogens is 306 g/mol. The van der Waals surface area contributed by atoms with Crippen LogP contribution in [0.2, 0.25) is 0 Å². The third-order valence-corrected chi connectivity index (χ3v) is 3.44. The van der Waals surface area contributed by atoms with Crippen LogP contribution in [0.3, 0.4) is 0 Å². The highest BCUT2D eigenvalue weighted by molar-refractivity contribution is 5.85. The zero-order valence-electron chi connectivity index (χ0n) is 13.1. The largest absolute Gasteiger partial charge is 0.484 e. The number of aromatic amines is 1. The summed E-state index contributed by atoms with van der Waals surface area (Å²) in [6, 6.07) is 17.6. The predicted octanol–water partition coefficient (Wildman–Crippen LogP) is 2.38. The number of hydrazine groups is 1. The molecular formula is C18H17N3O3. The molecule has 24 heavy (non-hydrogen) atoms. The molecule has 2 aromatic carbocycles. The molecule has 0 aliphatic rings. The van der Waals surface area contributed by atoms with Crippen LogP contribution in [0.25, 0.3) is 22.2 Å². The predicted molar refractivity (Wildman–Crippen MR) is 91.2 cm³/mol. The molecule has 0 aliphatic heterocycles. The van der Waals surface area contributed by atoms with E-state index in [0.717, 1.165) is 22.2 Å². The summed E-state index contributed by atoms with van der Waals surface area (Å²) in [6.45, 7) is 1.13. The quantitative estimate of drug-likeness (QED) is 0.645. The maximum absolute atomic E-state index is 11.5. The molecule has 2 amide bonds. The van der Waals surface area contributed by atoms with E-state index in [9.17, 15) is 9.59 Å². The van der Waals surface area contributed by atoms with Crippen molar-refractivity contribution < 1.29 is 14.3 Å². The molecule has 0 aliphatic carbocycles. The number of para-hydroxylation sites is 1. The lowest BCUT2D eigenvalue weighted by molar-refractivity contribution is -0.129. The molecule has 0 unspecified atom stereocenters. The maximum Gasteiger partial charge on any atom is 0.276 e. The van der Waals surface area contributed by atoms with Gasteiger partial charge in [0.1, 0.15) is 5.75 Å². The van der Waals surface area contributed by atoms with Gasteiger partial charge >= 0.3 is 0 Å². The van der Waals surface area contributed by atoms with Crippen LogP contribution in [0, 0.1) is 0 Å². The van der Waals surface area contributed by atoms with E-state index in [1.807, 2.05) is 30.3 Å². The van der Waals surface area contributed by atoms with Crippen LogP contribution in [0.5, 0.6) is 5.75 Å². The van der Waals surface area contributed by atoms with Gasteiger partial charge in [-0.2, -0.15) is 0 Å². The summed E-state index contributed by atoms with van der Waals surface area (Å²) in [5, 5.41) is 1.16. The van der Waals surface area contributed by atoms with Crippen LogP contribution in [-0.4, -0.2) is 23.4 Å². The van der Waals surface area contributed by atoms with E-state index in [2.05, 4.69) is 28.0 Å². The maximum atomic E-state index is 11.5. The highest BCUT2D eigenvalue weighted by Gasteiger charge is 2.05. The fourth-order valence-electron chi connectivity index (χ4n) is 2.30. The number of ether oxygens (including phenoxy) is 1. The van der Waals surface area contributed by atoms with Gasteiger partial charge in [-0.25, -0.2) is 0 Å². The van der Waals surface area contributed by atoms with Gasteiger partial charge in [-0.15, -0.1) is 0 Å². The van der Waals surface area contributed by atoms with Crippen molar-refractivity contribution >= 4 is 22.7 Å². The summed E-state index contributed by atoms with van der Waals surface area (Å²) in [5.41, 5.74) is 7.57. The lowest BCUT2D eigenvalue weighted by Gasteiger charge is -2.08. The fourth-order valence-corrected chi connectivity index (χ4v) is 2.30. The third-order valence-electron chi connectivity index (χ3n) is 3.44. The molecule has 3 N–H and O–H groups in total. The first-order valence-electron chi connectivity index (χ1n) is 7.48. The Morgan fingerprint density at radius 2 is 1.79 bits per heavy atom. The molecule has 0 radical (unpaired) electrons. The molecule has 6 heteroatoms. The van der Waals surface area contributed by atoms with Gasteiger partial charge in [-0.1, -0.05) is 18.2 Å².